The van der Waals surface area contributed by atoms with Crippen LogP contribution in [-0.4, -0.2) is 35.7 Å². The first kappa shape index (κ1) is 21.0. The third kappa shape index (κ3) is 3.64. The number of hydrogen-bond donors (Lipinski definition) is 2. The molecule has 0 fully saturated rings. The highest BCUT2D eigenvalue weighted by atomic mass is 19.4. The third-order valence-electron chi connectivity index (χ3n) is 4.56. The average molecular weight is 447 g/mol. The van der Waals surface area contributed by atoms with Crippen LogP contribution in [0.1, 0.15) is 23.0 Å². The Morgan fingerprint density at radius 2 is 1.81 bits per heavy atom. The Hall–Kier alpha value is -4.29. The number of H-pyrrole nitrogens is 1. The molecule has 0 aliphatic rings. The Labute approximate surface area is 176 Å². The van der Waals surface area contributed by atoms with Crippen molar-refractivity contribution in [1.82, 2.24) is 35.1 Å². The van der Waals surface area contributed by atoms with Crippen LogP contribution in [0, 0.1) is 0 Å². The summed E-state index contributed by atoms with van der Waals surface area (Å²) in [6.45, 7) is 1.23. The molecule has 2 N–H and O–H groups in total. The van der Waals surface area contributed by atoms with Crippen LogP contribution >= 0.6 is 0 Å². The van der Waals surface area contributed by atoms with Crippen molar-refractivity contribution in [3.05, 3.63) is 76.6 Å². The van der Waals surface area contributed by atoms with Gasteiger partial charge in [-0.15, -0.1) is 0 Å². The first-order valence-corrected chi connectivity index (χ1v) is 8.99. The number of aromatic amines is 1. The van der Waals surface area contributed by atoms with Crippen LogP contribution in [-0.2, 0) is 6.18 Å². The van der Waals surface area contributed by atoms with E-state index in [9.17, 15) is 27.2 Å². The number of alkyl halides is 3. The summed E-state index contributed by atoms with van der Waals surface area (Å²) in [6.07, 6.45) is -0.533. The minimum Gasteiger partial charge on any atom is -0.329 e. The maximum atomic E-state index is 14.4. The van der Waals surface area contributed by atoms with Gasteiger partial charge in [-0.25, -0.2) is 4.68 Å². The van der Waals surface area contributed by atoms with Gasteiger partial charge in [-0.3, -0.25) is 14.9 Å². The average Bonchev–Trinajstić information content (AvgIpc) is 3.43. The molecule has 32 heavy (non-hydrogen) atoms. The molecule has 1 aromatic carbocycles. The molecule has 13 heteroatoms. The second-order valence-corrected chi connectivity index (χ2v) is 6.53. The van der Waals surface area contributed by atoms with E-state index < -0.39 is 34.9 Å². The molecule has 0 atom stereocenters. The first-order valence-electron chi connectivity index (χ1n) is 8.99. The highest BCUT2D eigenvalue weighted by molar-refractivity contribution is 5.97. The number of fused-ring (bicyclic) bond motifs is 1. The summed E-state index contributed by atoms with van der Waals surface area (Å²) in [7, 11) is 0. The van der Waals surface area contributed by atoms with E-state index >= 15 is 0 Å². The molecule has 0 saturated heterocycles. The van der Waals surface area contributed by atoms with Crippen LogP contribution in [0.25, 0.3) is 22.2 Å². The molecule has 0 aliphatic heterocycles. The fraction of sp³-hybridized carbons (Fsp3) is 0.105. The Bertz CT molecular complexity index is 1400. The van der Waals surface area contributed by atoms with E-state index in [1.807, 2.05) is 0 Å². The summed E-state index contributed by atoms with van der Waals surface area (Å²) in [5, 5.41) is 13.2. The monoisotopic (exact) mass is 447 g/mol. The largest absolute Gasteiger partial charge is 0.434 e. The molecular formula is C19H13F4N7O2. The molecule has 0 radical (unpaired) electrons. The Morgan fingerprint density at radius 1 is 1.09 bits per heavy atom. The van der Waals surface area contributed by atoms with E-state index in [2.05, 4.69) is 20.3 Å². The molecule has 4 aromatic rings. The van der Waals surface area contributed by atoms with Gasteiger partial charge in [-0.1, -0.05) is 6.07 Å². The molecule has 4 rings (SSSR count). The predicted molar refractivity (Wildman–Crippen MR) is 104 cm³/mol. The fourth-order valence-corrected chi connectivity index (χ4v) is 3.09. The number of carbonyl (C=O) groups is 1. The lowest BCUT2D eigenvalue weighted by Crippen LogP contribution is -2.26. The van der Waals surface area contributed by atoms with Crippen molar-refractivity contribution in [3.63, 3.8) is 0 Å². The summed E-state index contributed by atoms with van der Waals surface area (Å²) in [4.78, 5) is 27.8. The number of amides is 1. The van der Waals surface area contributed by atoms with E-state index in [1.54, 1.807) is 5.32 Å². The first-order chi connectivity index (χ1) is 15.2. The number of benzene rings is 1. The number of allylic oxidation sites excluding steroid dienone is 1. The van der Waals surface area contributed by atoms with Crippen molar-refractivity contribution >= 4 is 22.4 Å². The van der Waals surface area contributed by atoms with Crippen molar-refractivity contribution in [3.8, 4) is 5.69 Å². The van der Waals surface area contributed by atoms with Crippen LogP contribution in [0.3, 0.4) is 0 Å². The van der Waals surface area contributed by atoms with Gasteiger partial charge >= 0.3 is 6.18 Å². The van der Waals surface area contributed by atoms with E-state index in [0.717, 1.165) is 4.80 Å². The number of rotatable bonds is 4. The molecule has 0 aliphatic carbocycles. The number of halogens is 4. The number of nitrogens with zero attached hydrogens (tertiary/aromatic N) is 5. The SMILES string of the molecule is C/C(=C(/F)NC(=O)c1cnn(-c2cccc3c(=O)[nH]ccc23)c1C(F)(F)F)n1nccn1. The molecule has 0 unspecified atom stereocenters. The zero-order valence-corrected chi connectivity index (χ0v) is 16.2. The predicted octanol–water partition coefficient (Wildman–Crippen LogP) is 2.87. The van der Waals surface area contributed by atoms with Gasteiger partial charge in [0.05, 0.1) is 29.8 Å². The molecule has 0 spiro atoms. The van der Waals surface area contributed by atoms with E-state index in [1.165, 1.54) is 49.8 Å². The Balaban J connectivity index is 1.82. The minimum atomic E-state index is -5.02. The number of hydrogen-bond acceptors (Lipinski definition) is 5. The van der Waals surface area contributed by atoms with Crippen LogP contribution in [0.2, 0.25) is 0 Å². The summed E-state index contributed by atoms with van der Waals surface area (Å²) in [6, 6.07) is 5.56. The van der Waals surface area contributed by atoms with Gasteiger partial charge in [-0.2, -0.15) is 37.7 Å². The third-order valence-corrected chi connectivity index (χ3v) is 4.56. The van der Waals surface area contributed by atoms with Crippen molar-refractivity contribution in [2.75, 3.05) is 0 Å². The van der Waals surface area contributed by atoms with Crippen molar-refractivity contribution in [2.45, 2.75) is 13.1 Å². The second kappa shape index (κ2) is 7.76. The van der Waals surface area contributed by atoms with E-state index in [-0.39, 0.29) is 22.2 Å². The van der Waals surface area contributed by atoms with E-state index in [0.29, 0.717) is 10.9 Å². The van der Waals surface area contributed by atoms with Crippen molar-refractivity contribution in [2.24, 2.45) is 0 Å². The summed E-state index contributed by atoms with van der Waals surface area (Å²) in [5.74, 6) is -2.60. The quantitative estimate of drug-likeness (QED) is 0.369. The molecule has 3 heterocycles. The molecular weight excluding hydrogens is 434 g/mol. The standard InChI is InChI=1S/C19H13F4N7O2/c1-10(30-25-7-8-26-30)16(20)28-18(32)13-9-27-29(15(13)19(21,22)23)14-4-2-3-12-11(14)5-6-24-17(12)31/h2-9H,1H3,(H,24,31)(H,28,32)/b16-10+. The highest BCUT2D eigenvalue weighted by Gasteiger charge is 2.41. The number of pyridine rings is 1. The highest BCUT2D eigenvalue weighted by Crippen LogP contribution is 2.35. The summed E-state index contributed by atoms with van der Waals surface area (Å²) >= 11 is 0. The molecule has 3 aromatic heterocycles. The maximum Gasteiger partial charge on any atom is 0.434 e. The molecule has 164 valence electrons. The van der Waals surface area contributed by atoms with Crippen molar-refractivity contribution in [1.29, 1.82) is 0 Å². The number of carbonyl (C=O) groups excluding carboxylic acids is 1. The van der Waals surface area contributed by atoms with Gasteiger partial charge in [0, 0.05) is 17.0 Å². The maximum absolute atomic E-state index is 14.4. The topological polar surface area (TPSA) is 110 Å². The number of aromatic nitrogens is 6. The van der Waals surface area contributed by atoms with E-state index in [4.69, 9.17) is 0 Å². The second-order valence-electron chi connectivity index (χ2n) is 6.53. The molecule has 0 bridgehead atoms. The van der Waals surface area contributed by atoms with Gasteiger partial charge in [0.15, 0.2) is 5.69 Å². The van der Waals surface area contributed by atoms with Crippen LogP contribution in [0.4, 0.5) is 17.6 Å². The summed E-state index contributed by atoms with van der Waals surface area (Å²) in [5.41, 5.74) is -3.15. The molecule has 9 nitrogen and oxygen atoms in total. The summed E-state index contributed by atoms with van der Waals surface area (Å²) < 4.78 is 56.8. The zero-order chi connectivity index (χ0) is 23.0. The van der Waals surface area contributed by atoms with Gasteiger partial charge in [-0.05, 0) is 25.1 Å². The van der Waals surface area contributed by atoms with Crippen LogP contribution < -0.4 is 10.9 Å². The van der Waals surface area contributed by atoms with Gasteiger partial charge in [0.2, 0.25) is 5.95 Å². The van der Waals surface area contributed by atoms with Gasteiger partial charge in [0.25, 0.3) is 11.5 Å². The van der Waals surface area contributed by atoms with Gasteiger partial charge < -0.3 is 4.98 Å². The Morgan fingerprint density at radius 3 is 2.50 bits per heavy atom. The lowest BCUT2D eigenvalue weighted by Gasteiger charge is -2.14. The zero-order valence-electron chi connectivity index (χ0n) is 16.2. The lowest BCUT2D eigenvalue weighted by molar-refractivity contribution is -0.143. The fourth-order valence-electron chi connectivity index (χ4n) is 3.09. The van der Waals surface area contributed by atoms with Crippen LogP contribution in [0.5, 0.6) is 0 Å². The number of nitrogens with one attached hydrogen (secondary N) is 2. The Kier molecular flexibility index (Phi) is 5.08. The van der Waals surface area contributed by atoms with Crippen molar-refractivity contribution < 1.29 is 22.4 Å². The molecule has 0 saturated carbocycles. The van der Waals surface area contributed by atoms with Crippen LogP contribution in [0.15, 0.2) is 59.8 Å². The smallest absolute Gasteiger partial charge is 0.329 e. The van der Waals surface area contributed by atoms with Gasteiger partial charge in [0.1, 0.15) is 5.70 Å². The normalized spacial score (nSPS) is 12.7. The minimum absolute atomic E-state index is 0.0760. The lowest BCUT2D eigenvalue weighted by atomic mass is 10.1. The molecule has 1 amide bonds.